The van der Waals surface area contributed by atoms with Crippen LogP contribution in [0.5, 0.6) is 11.5 Å². The van der Waals surface area contributed by atoms with E-state index in [1.165, 1.54) is 12.1 Å². The Morgan fingerprint density at radius 3 is 2.43 bits per heavy atom. The van der Waals surface area contributed by atoms with Gasteiger partial charge >= 0.3 is 0 Å². The smallest absolute Gasteiger partial charge is 0.271 e. The van der Waals surface area contributed by atoms with E-state index in [4.69, 9.17) is 4.74 Å². The molecule has 1 aromatic heterocycles. The predicted octanol–water partition coefficient (Wildman–Crippen LogP) is 5.77. The van der Waals surface area contributed by atoms with Crippen LogP contribution in [0.15, 0.2) is 51.4 Å². The monoisotopic (exact) mass is 436 g/mol. The standard InChI is InChI=1S/C16H10Br2N2O3/c1-9-2-3-10-6-12(4-5-15(10)19-9)23-16-13(17)7-11(20(21)22)8-14(16)18/h2-8H,1H3. The molecule has 0 atom stereocenters. The fraction of sp³-hybridized carbons (Fsp3) is 0.0625. The molecule has 0 amide bonds. The van der Waals surface area contributed by atoms with Crippen LogP contribution < -0.4 is 4.74 Å². The highest BCUT2D eigenvalue weighted by Crippen LogP contribution is 2.40. The zero-order chi connectivity index (χ0) is 16.6. The summed E-state index contributed by atoms with van der Waals surface area (Å²) in [4.78, 5) is 14.9. The fourth-order valence-corrected chi connectivity index (χ4v) is 3.46. The van der Waals surface area contributed by atoms with Crippen molar-refractivity contribution in [2.75, 3.05) is 0 Å². The third-order valence-corrected chi connectivity index (χ3v) is 4.39. The van der Waals surface area contributed by atoms with Crippen LogP contribution in [0.1, 0.15) is 5.69 Å². The predicted molar refractivity (Wildman–Crippen MR) is 95.1 cm³/mol. The van der Waals surface area contributed by atoms with Crippen molar-refractivity contribution in [2.45, 2.75) is 6.92 Å². The molecule has 0 aliphatic heterocycles. The van der Waals surface area contributed by atoms with Crippen LogP contribution >= 0.6 is 31.9 Å². The number of benzene rings is 2. The molecular weight excluding hydrogens is 428 g/mol. The maximum atomic E-state index is 10.9. The number of aromatic nitrogens is 1. The number of hydrogen-bond donors (Lipinski definition) is 0. The van der Waals surface area contributed by atoms with Crippen molar-refractivity contribution in [2.24, 2.45) is 0 Å². The van der Waals surface area contributed by atoms with Crippen LogP contribution in [0.2, 0.25) is 0 Å². The van der Waals surface area contributed by atoms with E-state index < -0.39 is 4.92 Å². The Labute approximate surface area is 148 Å². The lowest BCUT2D eigenvalue weighted by molar-refractivity contribution is -0.385. The van der Waals surface area contributed by atoms with Gasteiger partial charge < -0.3 is 4.74 Å². The van der Waals surface area contributed by atoms with Gasteiger partial charge in [0.1, 0.15) is 5.75 Å². The summed E-state index contributed by atoms with van der Waals surface area (Å²) < 4.78 is 6.87. The third-order valence-electron chi connectivity index (χ3n) is 3.21. The van der Waals surface area contributed by atoms with E-state index in [9.17, 15) is 10.1 Å². The lowest BCUT2D eigenvalue weighted by atomic mass is 10.2. The molecule has 0 radical (unpaired) electrons. The quantitative estimate of drug-likeness (QED) is 0.385. The van der Waals surface area contributed by atoms with Gasteiger partial charge in [-0.15, -0.1) is 0 Å². The molecule has 3 aromatic rings. The minimum Gasteiger partial charge on any atom is -0.455 e. The molecule has 0 spiro atoms. The van der Waals surface area contributed by atoms with Crippen LogP contribution in [0.3, 0.4) is 0 Å². The lowest BCUT2D eigenvalue weighted by Crippen LogP contribution is -1.92. The molecule has 0 bridgehead atoms. The second-order valence-electron chi connectivity index (χ2n) is 4.90. The molecule has 7 heteroatoms. The summed E-state index contributed by atoms with van der Waals surface area (Å²) in [5.41, 5.74) is 1.82. The van der Waals surface area contributed by atoms with Crippen molar-refractivity contribution in [3.8, 4) is 11.5 Å². The van der Waals surface area contributed by atoms with Crippen molar-refractivity contribution in [1.82, 2.24) is 4.98 Å². The van der Waals surface area contributed by atoms with Gasteiger partial charge in [0.05, 0.1) is 19.4 Å². The van der Waals surface area contributed by atoms with E-state index in [0.29, 0.717) is 20.4 Å². The molecule has 0 saturated carbocycles. The third kappa shape index (κ3) is 3.35. The number of rotatable bonds is 3. The first-order chi connectivity index (χ1) is 10.9. The molecule has 23 heavy (non-hydrogen) atoms. The van der Waals surface area contributed by atoms with Crippen molar-refractivity contribution < 1.29 is 9.66 Å². The van der Waals surface area contributed by atoms with E-state index >= 15 is 0 Å². The lowest BCUT2D eigenvalue weighted by Gasteiger charge is -2.10. The van der Waals surface area contributed by atoms with Crippen molar-refractivity contribution in [1.29, 1.82) is 0 Å². The minimum atomic E-state index is -0.455. The Kier molecular flexibility index (Phi) is 4.32. The summed E-state index contributed by atoms with van der Waals surface area (Å²) in [5.74, 6) is 1.11. The summed E-state index contributed by atoms with van der Waals surface area (Å²) in [6, 6.07) is 12.3. The highest BCUT2D eigenvalue weighted by atomic mass is 79.9. The zero-order valence-electron chi connectivity index (χ0n) is 11.9. The molecule has 0 fully saturated rings. The number of halogens is 2. The zero-order valence-corrected chi connectivity index (χ0v) is 15.1. The van der Waals surface area contributed by atoms with Crippen LogP contribution in [0.25, 0.3) is 10.9 Å². The number of non-ortho nitro benzene ring substituents is 1. The summed E-state index contributed by atoms with van der Waals surface area (Å²) in [6.07, 6.45) is 0. The molecule has 3 rings (SSSR count). The number of nitro benzene ring substituents is 1. The summed E-state index contributed by atoms with van der Waals surface area (Å²) in [6.45, 7) is 1.94. The minimum absolute atomic E-state index is 0.0192. The SMILES string of the molecule is Cc1ccc2cc(Oc3c(Br)cc([N+](=O)[O-])cc3Br)ccc2n1. The summed E-state index contributed by atoms with van der Waals surface area (Å²) in [5, 5.41) is 11.8. The summed E-state index contributed by atoms with van der Waals surface area (Å²) in [7, 11) is 0. The molecule has 0 unspecified atom stereocenters. The molecule has 0 aliphatic carbocycles. The first-order valence-corrected chi connectivity index (χ1v) is 8.21. The average molecular weight is 438 g/mol. The van der Waals surface area contributed by atoms with E-state index in [0.717, 1.165) is 16.6 Å². The van der Waals surface area contributed by atoms with E-state index in [1.54, 1.807) is 0 Å². The Morgan fingerprint density at radius 1 is 1.09 bits per heavy atom. The maximum absolute atomic E-state index is 10.9. The molecule has 2 aromatic carbocycles. The summed E-state index contributed by atoms with van der Waals surface area (Å²) >= 11 is 6.62. The largest absolute Gasteiger partial charge is 0.455 e. The molecule has 5 nitrogen and oxygen atoms in total. The molecule has 0 N–H and O–H groups in total. The molecule has 116 valence electrons. The maximum Gasteiger partial charge on any atom is 0.271 e. The van der Waals surface area contributed by atoms with Crippen molar-refractivity contribution >= 4 is 48.5 Å². The van der Waals surface area contributed by atoms with Crippen molar-refractivity contribution in [3.63, 3.8) is 0 Å². The van der Waals surface area contributed by atoms with Gasteiger partial charge in [-0.2, -0.15) is 0 Å². The van der Waals surface area contributed by atoms with Gasteiger partial charge in [0.2, 0.25) is 0 Å². The Balaban J connectivity index is 1.99. The van der Waals surface area contributed by atoms with Gasteiger partial charge in [0, 0.05) is 23.2 Å². The Morgan fingerprint density at radius 2 is 1.78 bits per heavy atom. The molecule has 1 heterocycles. The topological polar surface area (TPSA) is 65.3 Å². The number of ether oxygens (including phenoxy) is 1. The van der Waals surface area contributed by atoms with Crippen LogP contribution in [-0.4, -0.2) is 9.91 Å². The number of hydrogen-bond acceptors (Lipinski definition) is 4. The Bertz CT molecular complexity index is 905. The molecule has 0 aliphatic rings. The first kappa shape index (κ1) is 15.9. The van der Waals surface area contributed by atoms with Gasteiger partial charge in [-0.25, -0.2) is 0 Å². The van der Waals surface area contributed by atoms with Gasteiger partial charge in [-0.3, -0.25) is 15.1 Å². The van der Waals surface area contributed by atoms with Crippen LogP contribution in [0.4, 0.5) is 5.69 Å². The van der Waals surface area contributed by atoms with Crippen LogP contribution in [0, 0.1) is 17.0 Å². The number of nitro groups is 1. The fourth-order valence-electron chi connectivity index (χ4n) is 2.14. The van der Waals surface area contributed by atoms with E-state index in [2.05, 4.69) is 36.8 Å². The highest BCUT2D eigenvalue weighted by molar-refractivity contribution is 9.11. The van der Waals surface area contributed by atoms with Gasteiger partial charge in [0.25, 0.3) is 5.69 Å². The molecule has 0 saturated heterocycles. The number of fused-ring (bicyclic) bond motifs is 1. The van der Waals surface area contributed by atoms with Gasteiger partial charge in [-0.05, 0) is 63.0 Å². The second kappa shape index (κ2) is 6.25. The number of aryl methyl sites for hydroxylation is 1. The average Bonchev–Trinajstić information content (AvgIpc) is 2.50. The number of pyridine rings is 1. The number of nitrogens with zero attached hydrogens (tertiary/aromatic N) is 2. The highest BCUT2D eigenvalue weighted by Gasteiger charge is 2.16. The normalized spacial score (nSPS) is 10.7. The van der Waals surface area contributed by atoms with Gasteiger partial charge in [0.15, 0.2) is 5.75 Å². The van der Waals surface area contributed by atoms with E-state index in [1.807, 2.05) is 37.3 Å². The van der Waals surface area contributed by atoms with Crippen molar-refractivity contribution in [3.05, 3.63) is 67.2 Å². The molecular formula is C16H10Br2N2O3. The second-order valence-corrected chi connectivity index (χ2v) is 6.61. The van der Waals surface area contributed by atoms with Gasteiger partial charge in [-0.1, -0.05) is 6.07 Å². The van der Waals surface area contributed by atoms with E-state index in [-0.39, 0.29) is 5.69 Å². The Hall–Kier alpha value is -1.99. The first-order valence-electron chi connectivity index (χ1n) is 6.63. The van der Waals surface area contributed by atoms with Crippen LogP contribution in [-0.2, 0) is 0 Å².